The van der Waals surface area contributed by atoms with E-state index in [-0.39, 0.29) is 11.6 Å². The van der Waals surface area contributed by atoms with E-state index in [1.165, 1.54) is 12.4 Å². The Morgan fingerprint density at radius 2 is 0.800 bits per heavy atom. The van der Waals surface area contributed by atoms with Crippen LogP contribution in [0.2, 0.25) is 0 Å². The summed E-state index contributed by atoms with van der Waals surface area (Å²) in [6, 6.07) is 32.1. The summed E-state index contributed by atoms with van der Waals surface area (Å²) in [5, 5.41) is 5.54. The van der Waals surface area contributed by atoms with Crippen LogP contribution in [0.3, 0.4) is 0 Å². The molecule has 0 atom stereocenters. The van der Waals surface area contributed by atoms with Crippen LogP contribution in [-0.2, 0) is 0 Å². The molecule has 0 unspecified atom stereocenters. The minimum atomic E-state index is -0.425. The summed E-state index contributed by atoms with van der Waals surface area (Å²) in [7, 11) is 0. The normalized spacial score (nSPS) is 10.4. The number of ketones is 2. The van der Waals surface area contributed by atoms with Gasteiger partial charge in [0.2, 0.25) is 0 Å². The number of benzene rings is 4. The molecule has 40 heavy (non-hydrogen) atoms. The number of rotatable bonds is 8. The number of pyridine rings is 1. The van der Waals surface area contributed by atoms with E-state index in [2.05, 4.69) is 15.6 Å². The van der Waals surface area contributed by atoms with Gasteiger partial charge in [0.1, 0.15) is 0 Å². The minimum Gasteiger partial charge on any atom is -0.320 e. The van der Waals surface area contributed by atoms with Crippen LogP contribution in [0.1, 0.15) is 52.6 Å². The van der Waals surface area contributed by atoms with Crippen molar-refractivity contribution in [3.63, 3.8) is 0 Å². The average molecular weight is 526 g/mol. The predicted molar refractivity (Wildman–Crippen MR) is 153 cm³/mol. The third-order valence-corrected chi connectivity index (χ3v) is 6.21. The molecule has 0 fully saturated rings. The lowest BCUT2D eigenvalue weighted by Gasteiger charge is -2.12. The number of anilines is 2. The maximum absolute atomic E-state index is 12.9. The Bertz CT molecular complexity index is 1550. The first kappa shape index (κ1) is 25.9. The van der Waals surface area contributed by atoms with Crippen molar-refractivity contribution < 1.29 is 19.2 Å². The highest BCUT2D eigenvalue weighted by molar-refractivity contribution is 6.12. The molecule has 0 bridgehead atoms. The molecule has 0 aliphatic rings. The molecule has 0 aliphatic carbocycles. The first-order valence-electron chi connectivity index (χ1n) is 12.5. The molecule has 1 aromatic heterocycles. The standard InChI is InChI=1S/C33H23N3O4/c37-30(22-7-3-1-4-8-22)24-11-15-26(16-12-24)32(39)35-28-19-20-34-21-29(28)36-33(40)27-17-13-25(14-18-27)31(38)23-9-5-2-6-10-23/h1-21H,(H,36,40)(H,34,35,39). The number of nitrogens with one attached hydrogen (secondary N) is 2. The van der Waals surface area contributed by atoms with Gasteiger partial charge >= 0.3 is 0 Å². The highest BCUT2D eigenvalue weighted by Crippen LogP contribution is 2.22. The van der Waals surface area contributed by atoms with Gasteiger partial charge in [0, 0.05) is 39.6 Å². The van der Waals surface area contributed by atoms with Gasteiger partial charge in [-0.05, 0) is 30.3 Å². The Kier molecular flexibility index (Phi) is 7.64. The summed E-state index contributed by atoms with van der Waals surface area (Å²) in [5.74, 6) is -1.11. The quantitative estimate of drug-likeness (QED) is 0.240. The van der Waals surface area contributed by atoms with Gasteiger partial charge in [-0.2, -0.15) is 0 Å². The fraction of sp³-hybridized carbons (Fsp3) is 0. The van der Waals surface area contributed by atoms with Crippen molar-refractivity contribution in [2.45, 2.75) is 0 Å². The van der Waals surface area contributed by atoms with Gasteiger partial charge in [0.05, 0.1) is 17.6 Å². The highest BCUT2D eigenvalue weighted by atomic mass is 16.2. The van der Waals surface area contributed by atoms with Crippen molar-refractivity contribution in [1.29, 1.82) is 0 Å². The van der Waals surface area contributed by atoms with Crippen LogP contribution in [0.4, 0.5) is 11.4 Å². The zero-order valence-electron chi connectivity index (χ0n) is 21.2. The number of hydrogen-bond donors (Lipinski definition) is 2. The zero-order chi connectivity index (χ0) is 27.9. The molecule has 7 nitrogen and oxygen atoms in total. The number of amides is 2. The summed E-state index contributed by atoms with van der Waals surface area (Å²) in [6.45, 7) is 0. The fourth-order valence-electron chi connectivity index (χ4n) is 4.05. The average Bonchev–Trinajstić information content (AvgIpc) is 3.02. The second-order valence-electron chi connectivity index (χ2n) is 8.87. The third kappa shape index (κ3) is 5.89. The number of nitrogens with zero attached hydrogens (tertiary/aromatic N) is 1. The Labute approximate surface area is 230 Å². The molecule has 194 valence electrons. The summed E-state index contributed by atoms with van der Waals surface area (Å²) in [5.41, 5.74) is 3.41. The molecule has 1 heterocycles. The van der Waals surface area contributed by atoms with Gasteiger partial charge in [0.25, 0.3) is 11.8 Å². The van der Waals surface area contributed by atoms with Crippen LogP contribution in [0.5, 0.6) is 0 Å². The lowest BCUT2D eigenvalue weighted by atomic mass is 10.0. The van der Waals surface area contributed by atoms with E-state index in [0.717, 1.165) is 0 Å². The summed E-state index contributed by atoms with van der Waals surface area (Å²) >= 11 is 0. The Balaban J connectivity index is 1.25. The van der Waals surface area contributed by atoms with Gasteiger partial charge in [-0.3, -0.25) is 24.2 Å². The Morgan fingerprint density at radius 3 is 1.25 bits per heavy atom. The second-order valence-corrected chi connectivity index (χ2v) is 8.87. The largest absolute Gasteiger partial charge is 0.320 e. The number of carbonyl (C=O) groups is 4. The number of aromatic nitrogens is 1. The molecule has 2 N–H and O–H groups in total. The molecule has 0 radical (unpaired) electrons. The maximum Gasteiger partial charge on any atom is 0.255 e. The van der Waals surface area contributed by atoms with Crippen molar-refractivity contribution in [3.05, 3.63) is 161 Å². The lowest BCUT2D eigenvalue weighted by Crippen LogP contribution is -2.17. The van der Waals surface area contributed by atoms with Crippen molar-refractivity contribution in [1.82, 2.24) is 4.98 Å². The van der Waals surface area contributed by atoms with Gasteiger partial charge in [0.15, 0.2) is 11.6 Å². The summed E-state index contributed by atoms with van der Waals surface area (Å²) in [6.07, 6.45) is 2.93. The van der Waals surface area contributed by atoms with Crippen LogP contribution in [-0.4, -0.2) is 28.4 Å². The molecule has 0 aliphatic heterocycles. The van der Waals surface area contributed by atoms with Crippen molar-refractivity contribution in [2.75, 3.05) is 10.6 Å². The van der Waals surface area contributed by atoms with E-state index in [4.69, 9.17) is 0 Å². The van der Waals surface area contributed by atoms with E-state index in [1.54, 1.807) is 103 Å². The van der Waals surface area contributed by atoms with Crippen LogP contribution >= 0.6 is 0 Å². The molecular formula is C33H23N3O4. The smallest absolute Gasteiger partial charge is 0.255 e. The van der Waals surface area contributed by atoms with Crippen molar-refractivity contribution in [3.8, 4) is 0 Å². The molecule has 4 aromatic carbocycles. The first-order chi connectivity index (χ1) is 19.5. The summed E-state index contributed by atoms with van der Waals surface area (Å²) in [4.78, 5) is 55.2. The molecule has 0 saturated carbocycles. The molecule has 2 amide bonds. The van der Waals surface area contributed by atoms with Crippen LogP contribution in [0, 0.1) is 0 Å². The molecule has 0 saturated heterocycles. The second kappa shape index (κ2) is 11.8. The predicted octanol–water partition coefficient (Wildman–Crippen LogP) is 6.05. The van der Waals surface area contributed by atoms with E-state index >= 15 is 0 Å². The third-order valence-electron chi connectivity index (χ3n) is 6.21. The van der Waals surface area contributed by atoms with Crippen molar-refractivity contribution in [2.24, 2.45) is 0 Å². The van der Waals surface area contributed by atoms with Gasteiger partial charge < -0.3 is 10.6 Å². The van der Waals surface area contributed by atoms with Crippen LogP contribution in [0.15, 0.2) is 128 Å². The van der Waals surface area contributed by atoms with Crippen LogP contribution < -0.4 is 10.6 Å². The topological polar surface area (TPSA) is 105 Å². The van der Waals surface area contributed by atoms with E-state index < -0.39 is 11.8 Å². The first-order valence-corrected chi connectivity index (χ1v) is 12.5. The van der Waals surface area contributed by atoms with E-state index in [9.17, 15) is 19.2 Å². The van der Waals surface area contributed by atoms with Crippen molar-refractivity contribution >= 4 is 34.8 Å². The minimum absolute atomic E-state index is 0.135. The highest BCUT2D eigenvalue weighted by Gasteiger charge is 2.15. The van der Waals surface area contributed by atoms with Gasteiger partial charge in [-0.15, -0.1) is 0 Å². The summed E-state index contributed by atoms with van der Waals surface area (Å²) < 4.78 is 0. The molecular weight excluding hydrogens is 502 g/mol. The molecule has 5 rings (SSSR count). The lowest BCUT2D eigenvalue weighted by molar-refractivity contribution is 0.101. The van der Waals surface area contributed by atoms with Gasteiger partial charge in [-0.1, -0.05) is 84.9 Å². The monoisotopic (exact) mass is 525 g/mol. The van der Waals surface area contributed by atoms with Crippen LogP contribution in [0.25, 0.3) is 0 Å². The number of carbonyl (C=O) groups excluding carboxylic acids is 4. The Morgan fingerprint density at radius 1 is 0.425 bits per heavy atom. The molecule has 7 heteroatoms. The van der Waals surface area contributed by atoms with E-state index in [0.29, 0.717) is 44.8 Å². The number of hydrogen-bond acceptors (Lipinski definition) is 5. The van der Waals surface area contributed by atoms with E-state index in [1.807, 2.05) is 12.1 Å². The maximum atomic E-state index is 12.9. The Hall–Kier alpha value is -5.69. The molecule has 0 spiro atoms. The SMILES string of the molecule is O=C(Nc1ccncc1NC(=O)c1ccc(C(=O)c2ccccc2)cc1)c1ccc(C(=O)c2ccccc2)cc1. The fourth-order valence-corrected chi connectivity index (χ4v) is 4.05. The van der Waals surface area contributed by atoms with Gasteiger partial charge in [-0.25, -0.2) is 0 Å². The zero-order valence-corrected chi connectivity index (χ0v) is 21.2. The molecule has 5 aromatic rings.